The molecule has 0 radical (unpaired) electrons. The molecule has 1 fully saturated rings. The van der Waals surface area contributed by atoms with Gasteiger partial charge in [-0.3, -0.25) is 19.2 Å². The lowest BCUT2D eigenvalue weighted by Crippen LogP contribution is -2.64. The quantitative estimate of drug-likeness (QED) is 0.314. The highest BCUT2D eigenvalue weighted by Gasteiger charge is 2.51. The van der Waals surface area contributed by atoms with E-state index in [1.165, 1.54) is 27.7 Å². The first-order valence-corrected chi connectivity index (χ1v) is 10.2. The minimum atomic E-state index is -1.06. The Morgan fingerprint density at radius 2 is 1.45 bits per heavy atom. The number of thioether (sulfide) groups is 1. The Hall–Kier alpha value is -2.08. The summed E-state index contributed by atoms with van der Waals surface area (Å²) in [6, 6.07) is -0.822. The van der Waals surface area contributed by atoms with Crippen LogP contribution in [0.3, 0.4) is 0 Å². The summed E-state index contributed by atoms with van der Waals surface area (Å²) in [6.07, 6.45) is -2.03. The predicted octanol–water partition coefficient (Wildman–Crippen LogP) is 0.270. The van der Waals surface area contributed by atoms with Gasteiger partial charge in [0.25, 0.3) is 0 Å². The molecule has 0 bridgehead atoms. The van der Waals surface area contributed by atoms with Gasteiger partial charge in [-0.2, -0.15) is 0 Å². The number of nitrogens with one attached hydrogen (secondary N) is 2. The maximum atomic E-state index is 11.8. The van der Waals surface area contributed by atoms with Crippen LogP contribution in [0.2, 0.25) is 0 Å². The molecule has 0 aromatic heterocycles. The number of carbonyl (C=O) groups is 4. The summed E-state index contributed by atoms with van der Waals surface area (Å²) >= 11 is 6.33. The zero-order valence-electron chi connectivity index (χ0n) is 16.9. The van der Waals surface area contributed by atoms with Crippen molar-refractivity contribution in [3.8, 4) is 0 Å². The summed E-state index contributed by atoms with van der Waals surface area (Å²) in [6.45, 7) is 7.12. The third kappa shape index (κ3) is 8.44. The molecule has 29 heavy (non-hydrogen) atoms. The highest BCUT2D eigenvalue weighted by Crippen LogP contribution is 2.37. The highest BCUT2D eigenvalue weighted by atomic mass is 32.2. The Morgan fingerprint density at radius 1 is 0.897 bits per heavy atom. The number of ether oxygens (including phenoxy) is 4. The lowest BCUT2D eigenvalue weighted by atomic mass is 10.0. The molecule has 10 nitrogen and oxygen atoms in total. The molecule has 12 heteroatoms. The topological polar surface area (TPSA) is 129 Å². The molecule has 1 aliphatic heterocycles. The number of hydrogen-bond acceptors (Lipinski definition) is 10. The van der Waals surface area contributed by atoms with Gasteiger partial charge in [-0.1, -0.05) is 0 Å². The molecule has 0 spiro atoms. The first-order valence-electron chi connectivity index (χ1n) is 8.90. The zero-order valence-corrected chi connectivity index (χ0v) is 18.5. The molecule has 5 atom stereocenters. The second kappa shape index (κ2) is 11.8. The molecule has 0 saturated carbocycles. The van der Waals surface area contributed by atoms with Crippen molar-refractivity contribution in [1.29, 1.82) is 0 Å². The number of carbonyl (C=O) groups excluding carboxylic acids is 4. The standard InChI is InChI=1S/C17H26N2O8S2/c1-6-18-17(28)19-13-15(26-10(4)22)14(25-9(3)21)12(7-24-8(2)20)29-16(13)27-11(5)23/h12-16H,6-7H2,1-5H3,(H2,18,19,28). The Morgan fingerprint density at radius 3 is 1.93 bits per heavy atom. The van der Waals surface area contributed by atoms with Crippen LogP contribution in [0.4, 0.5) is 0 Å². The second-order valence-electron chi connectivity index (χ2n) is 6.13. The minimum absolute atomic E-state index is 0.141. The van der Waals surface area contributed by atoms with Gasteiger partial charge in [0.05, 0.1) is 5.25 Å². The Kier molecular flexibility index (Phi) is 10.2. The first kappa shape index (κ1) is 25.0. The second-order valence-corrected chi connectivity index (χ2v) is 7.88. The summed E-state index contributed by atoms with van der Waals surface area (Å²) in [7, 11) is 0. The Labute approximate surface area is 178 Å². The van der Waals surface area contributed by atoms with E-state index in [9.17, 15) is 19.2 Å². The molecule has 0 aromatic rings. The van der Waals surface area contributed by atoms with Gasteiger partial charge in [-0.25, -0.2) is 0 Å². The lowest BCUT2D eigenvalue weighted by molar-refractivity contribution is -0.173. The Balaban J connectivity index is 3.31. The van der Waals surface area contributed by atoms with E-state index in [0.29, 0.717) is 6.54 Å². The summed E-state index contributed by atoms with van der Waals surface area (Å²) in [5.74, 6) is -2.34. The van der Waals surface area contributed by atoms with Gasteiger partial charge < -0.3 is 29.6 Å². The SMILES string of the molecule is CCNC(=S)NC1C(OC(C)=O)SC(COC(C)=O)C(OC(C)=O)C1OC(C)=O. The van der Waals surface area contributed by atoms with Crippen molar-refractivity contribution in [1.82, 2.24) is 10.6 Å². The zero-order chi connectivity index (χ0) is 22.1. The number of thiocarbonyl (C=S) groups is 1. The molecule has 164 valence electrons. The molecule has 0 aromatic carbocycles. The number of esters is 4. The van der Waals surface area contributed by atoms with Crippen molar-refractivity contribution in [3.05, 3.63) is 0 Å². The van der Waals surface area contributed by atoms with Gasteiger partial charge >= 0.3 is 23.9 Å². The molecule has 0 amide bonds. The molecule has 1 heterocycles. The van der Waals surface area contributed by atoms with Gasteiger partial charge in [0.2, 0.25) is 0 Å². The van der Waals surface area contributed by atoms with E-state index in [1.807, 2.05) is 6.92 Å². The molecule has 2 N–H and O–H groups in total. The van der Waals surface area contributed by atoms with E-state index in [0.717, 1.165) is 11.8 Å². The highest BCUT2D eigenvalue weighted by molar-refractivity contribution is 8.00. The number of hydrogen-bond donors (Lipinski definition) is 2. The van der Waals surface area contributed by atoms with E-state index < -0.39 is 52.8 Å². The first-order chi connectivity index (χ1) is 13.5. The normalized spacial score (nSPS) is 25.9. The van der Waals surface area contributed by atoms with Gasteiger partial charge in [0.1, 0.15) is 12.6 Å². The van der Waals surface area contributed by atoms with E-state index in [1.54, 1.807) is 0 Å². The van der Waals surface area contributed by atoms with Crippen molar-refractivity contribution in [2.24, 2.45) is 0 Å². The molecular weight excluding hydrogens is 424 g/mol. The average molecular weight is 451 g/mol. The molecule has 1 rings (SSSR count). The summed E-state index contributed by atoms with van der Waals surface area (Å²) in [4.78, 5) is 46.4. The summed E-state index contributed by atoms with van der Waals surface area (Å²) < 4.78 is 21.3. The van der Waals surface area contributed by atoms with E-state index in [2.05, 4.69) is 10.6 Å². The van der Waals surface area contributed by atoms with E-state index in [4.69, 9.17) is 31.2 Å². The molecule has 1 aliphatic rings. The van der Waals surface area contributed by atoms with Crippen molar-refractivity contribution in [2.75, 3.05) is 13.2 Å². The average Bonchev–Trinajstić information content (AvgIpc) is 2.57. The van der Waals surface area contributed by atoms with Gasteiger partial charge in [-0.15, -0.1) is 11.8 Å². The maximum absolute atomic E-state index is 11.8. The van der Waals surface area contributed by atoms with Crippen LogP contribution >= 0.6 is 24.0 Å². The van der Waals surface area contributed by atoms with Gasteiger partial charge in [-0.05, 0) is 19.1 Å². The van der Waals surface area contributed by atoms with Crippen molar-refractivity contribution < 1.29 is 38.1 Å². The van der Waals surface area contributed by atoms with Crippen LogP contribution in [0.1, 0.15) is 34.6 Å². The molecule has 5 unspecified atom stereocenters. The van der Waals surface area contributed by atoms with Gasteiger partial charge in [0, 0.05) is 34.2 Å². The van der Waals surface area contributed by atoms with Crippen molar-refractivity contribution in [3.63, 3.8) is 0 Å². The largest absolute Gasteiger partial charge is 0.465 e. The van der Waals surface area contributed by atoms with Crippen LogP contribution in [0.25, 0.3) is 0 Å². The summed E-state index contributed by atoms with van der Waals surface area (Å²) in [5, 5.41) is 5.46. The third-order valence-electron chi connectivity index (χ3n) is 3.62. The smallest absolute Gasteiger partial charge is 0.303 e. The fourth-order valence-electron chi connectivity index (χ4n) is 2.68. The van der Waals surface area contributed by atoms with Crippen molar-refractivity contribution in [2.45, 2.75) is 63.6 Å². The van der Waals surface area contributed by atoms with Crippen LogP contribution in [0.15, 0.2) is 0 Å². The molecular formula is C17H26N2O8S2. The van der Waals surface area contributed by atoms with Crippen molar-refractivity contribution >= 4 is 53.0 Å². The van der Waals surface area contributed by atoms with Crippen LogP contribution in [0.5, 0.6) is 0 Å². The third-order valence-corrected chi connectivity index (χ3v) is 5.29. The van der Waals surface area contributed by atoms with Crippen LogP contribution in [0, 0.1) is 0 Å². The van der Waals surface area contributed by atoms with Crippen LogP contribution < -0.4 is 10.6 Å². The van der Waals surface area contributed by atoms with Crippen LogP contribution in [-0.2, 0) is 38.1 Å². The van der Waals surface area contributed by atoms with E-state index >= 15 is 0 Å². The van der Waals surface area contributed by atoms with Gasteiger partial charge in [0.15, 0.2) is 22.8 Å². The fourth-order valence-corrected chi connectivity index (χ4v) is 4.40. The lowest BCUT2D eigenvalue weighted by Gasteiger charge is -2.44. The maximum Gasteiger partial charge on any atom is 0.303 e. The minimum Gasteiger partial charge on any atom is -0.465 e. The van der Waals surface area contributed by atoms with E-state index in [-0.39, 0.29) is 11.7 Å². The molecule has 0 aliphatic carbocycles. The monoisotopic (exact) mass is 450 g/mol. The predicted molar refractivity (Wildman–Crippen MR) is 108 cm³/mol. The molecule has 1 saturated heterocycles. The fraction of sp³-hybridized carbons (Fsp3) is 0.706. The van der Waals surface area contributed by atoms with Crippen LogP contribution in [-0.4, -0.2) is 71.1 Å². The number of rotatable bonds is 7. The Bertz CT molecular complexity index is 645. The summed E-state index contributed by atoms with van der Waals surface area (Å²) in [5.41, 5.74) is -0.860.